The molecule has 0 amide bonds. The summed E-state index contributed by atoms with van der Waals surface area (Å²) in [6, 6.07) is -0.232. The van der Waals surface area contributed by atoms with E-state index in [1.807, 2.05) is 0 Å². The zero-order valence-corrected chi connectivity index (χ0v) is 18.1. The number of hydrogen-bond donors (Lipinski definition) is 0. The molecule has 190 valence electrons. The van der Waals surface area contributed by atoms with Gasteiger partial charge in [-0.15, -0.1) is 0 Å². The Labute approximate surface area is 186 Å². The third-order valence-electron chi connectivity index (χ3n) is 4.94. The molecule has 0 unspecified atom stereocenters. The van der Waals surface area contributed by atoms with Crippen molar-refractivity contribution < 1.29 is 53.4 Å². The van der Waals surface area contributed by atoms with Gasteiger partial charge in [0.25, 0.3) is 0 Å². The Bertz CT molecular complexity index is 973. The highest BCUT2D eigenvalue weighted by Crippen LogP contribution is 2.51. The van der Waals surface area contributed by atoms with E-state index in [-0.39, 0.29) is 13.2 Å². The molecule has 0 bridgehead atoms. The van der Waals surface area contributed by atoms with Crippen LogP contribution in [0.5, 0.6) is 0 Å². The Balaban J connectivity index is 2.44. The van der Waals surface area contributed by atoms with E-state index < -0.39 is 75.4 Å². The molecule has 0 spiro atoms. The van der Waals surface area contributed by atoms with Crippen LogP contribution in [-0.2, 0) is 21.3 Å². The van der Waals surface area contributed by atoms with Crippen molar-refractivity contribution in [3.05, 3.63) is 34.4 Å². The summed E-state index contributed by atoms with van der Waals surface area (Å²) in [6.45, 7) is 5.25. The minimum absolute atomic E-state index is 0.264. The maximum atomic E-state index is 14.4. The lowest BCUT2D eigenvalue weighted by atomic mass is 9.90. The van der Waals surface area contributed by atoms with Crippen molar-refractivity contribution in [1.29, 1.82) is 0 Å². The molecule has 0 atom stereocenters. The van der Waals surface area contributed by atoms with E-state index >= 15 is 0 Å². The van der Waals surface area contributed by atoms with Gasteiger partial charge in [0.1, 0.15) is 13.2 Å². The predicted octanol–water partition coefficient (Wildman–Crippen LogP) is 6.11. The van der Waals surface area contributed by atoms with E-state index in [0.717, 1.165) is 0 Å². The molecular weight excluding hydrogens is 490 g/mol. The fourth-order valence-corrected chi connectivity index (χ4v) is 3.22. The van der Waals surface area contributed by atoms with Crippen molar-refractivity contribution in [3.8, 4) is 0 Å². The molecule has 1 aromatic carbocycles. The number of alkyl halides is 10. The van der Waals surface area contributed by atoms with Gasteiger partial charge in [-0.2, -0.15) is 43.9 Å². The Morgan fingerprint density at radius 3 is 1.18 bits per heavy atom. The van der Waals surface area contributed by atoms with Crippen molar-refractivity contribution in [2.75, 3.05) is 13.2 Å². The predicted molar refractivity (Wildman–Crippen MR) is 99.5 cm³/mol. The van der Waals surface area contributed by atoms with Gasteiger partial charge in [-0.05, 0) is 39.8 Å². The molecule has 0 saturated carbocycles. The second kappa shape index (κ2) is 7.48. The summed E-state index contributed by atoms with van der Waals surface area (Å²) in [6.07, 6.45) is -12.7. The van der Waals surface area contributed by atoms with Gasteiger partial charge in [0, 0.05) is 22.3 Å². The third-order valence-corrected chi connectivity index (χ3v) is 4.94. The molecule has 0 fully saturated rings. The van der Waals surface area contributed by atoms with Crippen LogP contribution in [0.25, 0.3) is 0 Å². The number of aliphatic imine (C=N–C) groups is 2. The number of benzene rings is 1. The highest BCUT2D eigenvalue weighted by atomic mass is 19.4. The molecule has 4 nitrogen and oxygen atoms in total. The highest BCUT2D eigenvalue weighted by Gasteiger charge is 2.63. The average molecular weight is 508 g/mol. The first-order valence-electron chi connectivity index (χ1n) is 9.63. The zero-order chi connectivity index (χ0) is 26.1. The lowest BCUT2D eigenvalue weighted by molar-refractivity contribution is -0.292. The maximum absolute atomic E-state index is 14.4. The van der Waals surface area contributed by atoms with Crippen molar-refractivity contribution in [3.63, 3.8) is 0 Å². The van der Waals surface area contributed by atoms with Gasteiger partial charge in [0.15, 0.2) is 0 Å². The first-order valence-corrected chi connectivity index (χ1v) is 9.63. The van der Waals surface area contributed by atoms with Gasteiger partial charge in [-0.25, -0.2) is 9.98 Å². The smallest absolute Gasteiger partial charge is 0.458 e. The van der Waals surface area contributed by atoms with Crippen molar-refractivity contribution in [2.24, 2.45) is 9.98 Å². The first-order chi connectivity index (χ1) is 15.1. The fourth-order valence-electron chi connectivity index (χ4n) is 3.22. The first kappa shape index (κ1) is 26.1. The number of ether oxygens (including phenoxy) is 2. The molecule has 2 heterocycles. The topological polar surface area (TPSA) is 43.2 Å². The Morgan fingerprint density at radius 2 is 0.941 bits per heavy atom. The largest absolute Gasteiger partial charge is 0.475 e. The van der Waals surface area contributed by atoms with E-state index in [1.54, 1.807) is 0 Å². The molecule has 0 aliphatic carbocycles. The molecule has 0 aromatic heterocycles. The molecule has 3 rings (SSSR count). The van der Waals surface area contributed by atoms with Crippen LogP contribution in [0, 0.1) is 0 Å². The highest BCUT2D eigenvalue weighted by molar-refractivity contribution is 6.03. The van der Waals surface area contributed by atoms with E-state index in [9.17, 15) is 43.9 Å². The number of rotatable bonds is 4. The van der Waals surface area contributed by atoms with E-state index in [2.05, 4.69) is 9.98 Å². The van der Waals surface area contributed by atoms with Crippen molar-refractivity contribution in [1.82, 2.24) is 0 Å². The van der Waals surface area contributed by atoms with Crippen LogP contribution < -0.4 is 0 Å². The third kappa shape index (κ3) is 4.42. The SMILES string of the molecule is CC1(C)COC(c2cc(C3=NC(C)(C)CO3)c(C(F)(F)C(F)(F)F)cc2C(F)(F)C(F)(F)F)=N1. The van der Waals surface area contributed by atoms with Gasteiger partial charge >= 0.3 is 24.2 Å². The van der Waals surface area contributed by atoms with E-state index in [4.69, 9.17) is 9.47 Å². The van der Waals surface area contributed by atoms with Gasteiger partial charge in [-0.1, -0.05) is 0 Å². The lowest BCUT2D eigenvalue weighted by Crippen LogP contribution is -2.39. The fraction of sp³-hybridized carbons (Fsp3) is 0.600. The van der Waals surface area contributed by atoms with Crippen LogP contribution >= 0.6 is 0 Å². The molecule has 0 radical (unpaired) electrons. The quantitative estimate of drug-likeness (QED) is 0.461. The summed E-state index contributed by atoms with van der Waals surface area (Å²) in [5.41, 5.74) is -8.73. The van der Waals surface area contributed by atoms with Gasteiger partial charge in [-0.3, -0.25) is 0 Å². The Morgan fingerprint density at radius 1 is 0.618 bits per heavy atom. The molecule has 2 aliphatic rings. The second-order valence-electron chi connectivity index (χ2n) is 9.12. The second-order valence-corrected chi connectivity index (χ2v) is 9.12. The van der Waals surface area contributed by atoms with Crippen LogP contribution in [0.15, 0.2) is 22.1 Å². The minimum atomic E-state index is -6.33. The molecule has 0 saturated heterocycles. The van der Waals surface area contributed by atoms with Crippen LogP contribution in [0.2, 0.25) is 0 Å². The van der Waals surface area contributed by atoms with Gasteiger partial charge in [0.05, 0.1) is 11.1 Å². The summed E-state index contributed by atoms with van der Waals surface area (Å²) >= 11 is 0. The monoisotopic (exact) mass is 508 g/mol. The Hall–Kier alpha value is -2.54. The molecule has 34 heavy (non-hydrogen) atoms. The Kier molecular flexibility index (Phi) is 5.73. The molecule has 2 aliphatic heterocycles. The van der Waals surface area contributed by atoms with Crippen LogP contribution in [-0.4, -0.2) is 48.4 Å². The number of nitrogens with zero attached hydrogens (tertiary/aromatic N) is 2. The summed E-state index contributed by atoms with van der Waals surface area (Å²) in [7, 11) is 0. The van der Waals surface area contributed by atoms with Crippen molar-refractivity contribution >= 4 is 11.8 Å². The lowest BCUT2D eigenvalue weighted by Gasteiger charge is -2.27. The molecule has 1 aromatic rings. The summed E-state index contributed by atoms with van der Waals surface area (Å²) in [5, 5.41) is 0. The summed E-state index contributed by atoms with van der Waals surface area (Å²) in [4.78, 5) is 7.77. The van der Waals surface area contributed by atoms with Crippen LogP contribution in [0.4, 0.5) is 43.9 Å². The average Bonchev–Trinajstić information content (AvgIpc) is 3.19. The maximum Gasteiger partial charge on any atom is 0.458 e. The molecule has 14 heteroatoms. The van der Waals surface area contributed by atoms with Crippen LogP contribution in [0.1, 0.15) is 49.9 Å². The van der Waals surface area contributed by atoms with E-state index in [1.165, 1.54) is 27.7 Å². The summed E-state index contributed by atoms with van der Waals surface area (Å²) in [5.74, 6) is -13.2. The summed E-state index contributed by atoms with van der Waals surface area (Å²) < 4.78 is 147. The van der Waals surface area contributed by atoms with Crippen molar-refractivity contribution in [2.45, 2.75) is 63.0 Å². The number of halogens is 10. The molecule has 0 N–H and O–H groups in total. The number of hydrogen-bond acceptors (Lipinski definition) is 4. The van der Waals surface area contributed by atoms with E-state index in [0.29, 0.717) is 6.07 Å². The standard InChI is InChI=1S/C20H18F10N2O2/c1-15(2)7-33-13(31-15)9-5-10(14-32-16(3,4)8-34-14)12(18(23,24)20(28,29)30)6-11(9)17(21,22)19(25,26)27/h5-6H,7-8H2,1-4H3. The van der Waals surface area contributed by atoms with Gasteiger partial charge in [0.2, 0.25) is 11.8 Å². The van der Waals surface area contributed by atoms with Crippen LogP contribution in [0.3, 0.4) is 0 Å². The van der Waals surface area contributed by atoms with Gasteiger partial charge < -0.3 is 9.47 Å². The normalized spacial score (nSPS) is 20.5. The minimum Gasteiger partial charge on any atom is -0.475 e. The molecular formula is C20H18F10N2O2. The zero-order valence-electron chi connectivity index (χ0n) is 18.1.